The van der Waals surface area contributed by atoms with Gasteiger partial charge in [-0.3, -0.25) is 4.79 Å². The number of rotatable bonds is 6. The third-order valence-corrected chi connectivity index (χ3v) is 6.65. The van der Waals surface area contributed by atoms with E-state index < -0.39 is 28.0 Å². The summed E-state index contributed by atoms with van der Waals surface area (Å²) in [4.78, 5) is 24.7. The van der Waals surface area contributed by atoms with Gasteiger partial charge in [0.05, 0.1) is 4.90 Å². The highest BCUT2D eigenvalue weighted by Gasteiger charge is 2.27. The first-order valence-electron chi connectivity index (χ1n) is 9.37. The third kappa shape index (κ3) is 4.68. The van der Waals surface area contributed by atoms with Crippen LogP contribution in [0.1, 0.15) is 41.6 Å². The van der Waals surface area contributed by atoms with Crippen LogP contribution in [0.25, 0.3) is 0 Å². The number of anilines is 1. The molecule has 1 amide bonds. The number of esters is 1. The Labute approximate surface area is 169 Å². The molecule has 0 bridgehead atoms. The molecule has 1 aromatic heterocycles. The van der Waals surface area contributed by atoms with E-state index in [1.165, 1.54) is 35.5 Å². The van der Waals surface area contributed by atoms with Crippen LogP contribution < -0.4 is 5.32 Å². The second-order valence-electron chi connectivity index (χ2n) is 7.00. The predicted molar refractivity (Wildman–Crippen MR) is 106 cm³/mol. The van der Waals surface area contributed by atoms with E-state index >= 15 is 0 Å². The smallest absolute Gasteiger partial charge is 0.342 e. The average molecular weight is 420 g/mol. The second kappa shape index (κ2) is 8.38. The van der Waals surface area contributed by atoms with Crippen LogP contribution in [0, 0.1) is 13.8 Å². The van der Waals surface area contributed by atoms with E-state index in [0.717, 1.165) is 12.8 Å². The maximum atomic E-state index is 12.5. The molecule has 3 rings (SSSR count). The zero-order chi connectivity index (χ0) is 21.2. The Morgan fingerprint density at radius 1 is 1.14 bits per heavy atom. The Morgan fingerprint density at radius 3 is 2.31 bits per heavy atom. The SMILES string of the molecule is Cc1cc(C(=O)O[C@@H](C)C(=O)Nc2ccc(S(=O)(=O)N3CCCC3)cc2)c(C)o1. The minimum atomic E-state index is -3.51. The summed E-state index contributed by atoms with van der Waals surface area (Å²) < 4.78 is 37.0. The van der Waals surface area contributed by atoms with Gasteiger partial charge in [-0.2, -0.15) is 4.31 Å². The fraction of sp³-hybridized carbons (Fsp3) is 0.400. The summed E-state index contributed by atoms with van der Waals surface area (Å²) in [5, 5.41) is 2.62. The van der Waals surface area contributed by atoms with Gasteiger partial charge in [0.2, 0.25) is 10.0 Å². The molecular formula is C20H24N2O6S. The number of carbonyl (C=O) groups excluding carboxylic acids is 2. The van der Waals surface area contributed by atoms with Gasteiger partial charge < -0.3 is 14.5 Å². The first-order chi connectivity index (χ1) is 13.7. The van der Waals surface area contributed by atoms with E-state index in [0.29, 0.717) is 30.3 Å². The fourth-order valence-electron chi connectivity index (χ4n) is 3.14. The van der Waals surface area contributed by atoms with Crippen LogP contribution in [0.2, 0.25) is 0 Å². The summed E-state index contributed by atoms with van der Waals surface area (Å²) in [7, 11) is -3.51. The fourth-order valence-corrected chi connectivity index (χ4v) is 4.66. The molecule has 8 nitrogen and oxygen atoms in total. The van der Waals surface area contributed by atoms with Crippen molar-refractivity contribution >= 4 is 27.6 Å². The Hall–Kier alpha value is -2.65. The minimum absolute atomic E-state index is 0.183. The van der Waals surface area contributed by atoms with Crippen LogP contribution in [0.4, 0.5) is 5.69 Å². The zero-order valence-electron chi connectivity index (χ0n) is 16.6. The van der Waals surface area contributed by atoms with Crippen LogP contribution >= 0.6 is 0 Å². The number of benzene rings is 1. The number of amides is 1. The van der Waals surface area contributed by atoms with E-state index in [1.807, 2.05) is 0 Å². The largest absolute Gasteiger partial charge is 0.466 e. The molecule has 0 aliphatic carbocycles. The van der Waals surface area contributed by atoms with Gasteiger partial charge in [0, 0.05) is 18.8 Å². The summed E-state index contributed by atoms with van der Waals surface area (Å²) in [5.41, 5.74) is 0.687. The Bertz CT molecular complexity index is 1000. The lowest BCUT2D eigenvalue weighted by atomic mass is 10.2. The molecule has 0 spiro atoms. The van der Waals surface area contributed by atoms with Crippen molar-refractivity contribution < 1.29 is 27.2 Å². The normalized spacial score (nSPS) is 15.8. The molecule has 1 fully saturated rings. The van der Waals surface area contributed by atoms with Gasteiger partial charge in [0.25, 0.3) is 5.91 Å². The molecule has 29 heavy (non-hydrogen) atoms. The number of carbonyl (C=O) groups is 2. The number of aryl methyl sites for hydroxylation is 2. The van der Waals surface area contributed by atoms with Crippen molar-refractivity contribution in [1.29, 1.82) is 0 Å². The van der Waals surface area contributed by atoms with E-state index in [9.17, 15) is 18.0 Å². The molecule has 0 radical (unpaired) electrons. The lowest BCUT2D eigenvalue weighted by Gasteiger charge is -2.16. The van der Waals surface area contributed by atoms with Gasteiger partial charge in [0.1, 0.15) is 17.1 Å². The molecular weight excluding hydrogens is 396 g/mol. The standard InChI is InChI=1S/C20H24N2O6S/c1-13-12-18(14(2)27-13)20(24)28-15(3)19(23)21-16-6-8-17(9-7-16)29(25,26)22-10-4-5-11-22/h6-9,12,15H,4-5,10-11H2,1-3H3,(H,21,23)/t15-/m0/s1. The number of hydrogen-bond acceptors (Lipinski definition) is 6. The summed E-state index contributed by atoms with van der Waals surface area (Å²) in [6.45, 7) is 5.88. The minimum Gasteiger partial charge on any atom is -0.466 e. The molecule has 1 atom stereocenters. The Balaban J connectivity index is 1.61. The van der Waals surface area contributed by atoms with Crippen molar-refractivity contribution in [3.63, 3.8) is 0 Å². The molecule has 1 aliphatic heterocycles. The Morgan fingerprint density at radius 2 is 1.76 bits per heavy atom. The van der Waals surface area contributed by atoms with E-state index in [-0.39, 0.29) is 10.5 Å². The summed E-state index contributed by atoms with van der Waals surface area (Å²) in [5.74, 6) is -0.161. The average Bonchev–Trinajstić information content (AvgIpc) is 3.32. The molecule has 1 saturated heterocycles. The van der Waals surface area contributed by atoms with Gasteiger partial charge >= 0.3 is 5.97 Å². The molecule has 2 heterocycles. The monoisotopic (exact) mass is 420 g/mol. The highest BCUT2D eigenvalue weighted by Crippen LogP contribution is 2.22. The van der Waals surface area contributed by atoms with Crippen molar-refractivity contribution in [2.75, 3.05) is 18.4 Å². The lowest BCUT2D eigenvalue weighted by molar-refractivity contribution is -0.123. The maximum absolute atomic E-state index is 12.5. The molecule has 156 valence electrons. The Kier molecular flexibility index (Phi) is 6.09. The van der Waals surface area contributed by atoms with E-state index in [4.69, 9.17) is 9.15 Å². The van der Waals surface area contributed by atoms with Gasteiger partial charge in [-0.15, -0.1) is 0 Å². The molecule has 0 saturated carbocycles. The van der Waals surface area contributed by atoms with E-state index in [1.54, 1.807) is 19.9 Å². The van der Waals surface area contributed by atoms with Crippen LogP contribution in [-0.2, 0) is 19.6 Å². The predicted octanol–water partition coefficient (Wildman–Crippen LogP) is 2.86. The van der Waals surface area contributed by atoms with E-state index in [2.05, 4.69) is 5.32 Å². The van der Waals surface area contributed by atoms with Crippen molar-refractivity contribution in [2.45, 2.75) is 44.6 Å². The topological polar surface area (TPSA) is 106 Å². The molecule has 1 aliphatic rings. The number of ether oxygens (including phenoxy) is 1. The molecule has 9 heteroatoms. The number of nitrogens with zero attached hydrogens (tertiary/aromatic N) is 1. The number of furan rings is 1. The quantitative estimate of drug-likeness (QED) is 0.721. The van der Waals surface area contributed by atoms with Gasteiger partial charge in [-0.1, -0.05) is 0 Å². The number of nitrogens with one attached hydrogen (secondary N) is 1. The molecule has 0 unspecified atom stereocenters. The molecule has 1 N–H and O–H groups in total. The summed E-state index contributed by atoms with van der Waals surface area (Å²) >= 11 is 0. The summed E-state index contributed by atoms with van der Waals surface area (Å²) in [6.07, 6.45) is 0.689. The van der Waals surface area contributed by atoms with Gasteiger partial charge in [-0.25, -0.2) is 13.2 Å². The number of sulfonamides is 1. The zero-order valence-corrected chi connectivity index (χ0v) is 17.4. The van der Waals surface area contributed by atoms with Gasteiger partial charge in [0.15, 0.2) is 6.10 Å². The van der Waals surface area contributed by atoms with Crippen LogP contribution in [-0.4, -0.2) is 43.8 Å². The third-order valence-electron chi connectivity index (χ3n) is 4.74. The van der Waals surface area contributed by atoms with Crippen LogP contribution in [0.3, 0.4) is 0 Å². The first kappa shape index (κ1) is 21.1. The molecule has 2 aromatic rings. The maximum Gasteiger partial charge on any atom is 0.342 e. The highest BCUT2D eigenvalue weighted by atomic mass is 32.2. The van der Waals surface area contributed by atoms with Crippen molar-refractivity contribution in [2.24, 2.45) is 0 Å². The second-order valence-corrected chi connectivity index (χ2v) is 8.94. The lowest BCUT2D eigenvalue weighted by Crippen LogP contribution is -2.30. The van der Waals surface area contributed by atoms with Crippen molar-refractivity contribution in [1.82, 2.24) is 4.31 Å². The highest BCUT2D eigenvalue weighted by molar-refractivity contribution is 7.89. The van der Waals surface area contributed by atoms with Crippen molar-refractivity contribution in [3.8, 4) is 0 Å². The number of hydrogen-bond donors (Lipinski definition) is 1. The van der Waals surface area contributed by atoms with Crippen molar-refractivity contribution in [3.05, 3.63) is 47.4 Å². The summed E-state index contributed by atoms with van der Waals surface area (Å²) in [6, 6.07) is 7.49. The first-order valence-corrected chi connectivity index (χ1v) is 10.8. The van der Waals surface area contributed by atoms with Gasteiger partial charge in [-0.05, 0) is 63.9 Å². The van der Waals surface area contributed by atoms with Crippen LogP contribution in [0.5, 0.6) is 0 Å². The van der Waals surface area contributed by atoms with Crippen LogP contribution in [0.15, 0.2) is 39.6 Å². The molecule has 1 aromatic carbocycles.